The number of nitrogens with one attached hydrogen (secondary N) is 1. The van der Waals surface area contributed by atoms with Crippen molar-refractivity contribution in [3.63, 3.8) is 0 Å². The molecule has 2 saturated heterocycles. The van der Waals surface area contributed by atoms with Crippen LogP contribution < -0.4 is 11.0 Å². The Morgan fingerprint density at radius 2 is 1.88 bits per heavy atom. The summed E-state index contributed by atoms with van der Waals surface area (Å²) in [4.78, 5) is 28.3. The molecule has 0 saturated carbocycles. The van der Waals surface area contributed by atoms with Crippen LogP contribution in [-0.2, 0) is 0 Å². The van der Waals surface area contributed by atoms with Crippen molar-refractivity contribution in [2.75, 3.05) is 19.6 Å². The molecule has 0 spiro atoms. The van der Waals surface area contributed by atoms with E-state index in [4.69, 9.17) is 0 Å². The number of amides is 1. The number of imidazole rings is 1. The minimum atomic E-state index is -0.287. The number of benzene rings is 1. The zero-order chi connectivity index (χ0) is 17.6. The highest BCUT2D eigenvalue weighted by Crippen LogP contribution is 2.26. The molecule has 142 valence electrons. The molecule has 1 N–H and O–H groups in total. The Balaban J connectivity index is 0.00000196. The monoisotopic (exact) mass is 358 g/mol. The van der Waals surface area contributed by atoms with Crippen LogP contribution >= 0.6 is 0 Å². The molecule has 6 nitrogen and oxygen atoms in total. The van der Waals surface area contributed by atoms with Gasteiger partial charge < -0.3 is 10.2 Å². The molecule has 0 aliphatic carbocycles. The number of nitrogens with zero attached hydrogens (tertiary/aromatic N) is 3. The van der Waals surface area contributed by atoms with Crippen molar-refractivity contribution in [2.24, 2.45) is 5.92 Å². The summed E-state index contributed by atoms with van der Waals surface area (Å²) in [5.74, 6) is 0.501. The molecule has 6 heteroatoms. The predicted molar refractivity (Wildman–Crippen MR) is 105 cm³/mol. The maximum atomic E-state index is 13.0. The maximum absolute atomic E-state index is 13.0. The van der Waals surface area contributed by atoms with Gasteiger partial charge in [0.1, 0.15) is 0 Å². The normalized spacial score (nSPS) is 25.1. The lowest BCUT2D eigenvalue weighted by Crippen LogP contribution is -2.54. The average Bonchev–Trinajstić information content (AvgIpc) is 2.90. The number of hydrogen-bond acceptors (Lipinski definition) is 3. The van der Waals surface area contributed by atoms with Gasteiger partial charge >= 0.3 is 11.7 Å². The van der Waals surface area contributed by atoms with Crippen LogP contribution in [0.15, 0.2) is 29.1 Å². The number of rotatable bonds is 2. The van der Waals surface area contributed by atoms with Crippen molar-refractivity contribution < 1.29 is 4.79 Å². The summed E-state index contributed by atoms with van der Waals surface area (Å²) >= 11 is 0. The van der Waals surface area contributed by atoms with E-state index in [1.54, 1.807) is 4.57 Å². The van der Waals surface area contributed by atoms with E-state index in [0.717, 1.165) is 31.4 Å². The Bertz CT molecular complexity index is 851. The number of para-hydroxylation sites is 2. The first-order chi connectivity index (χ1) is 12.1. The van der Waals surface area contributed by atoms with Crippen LogP contribution in [0.1, 0.15) is 46.6 Å². The van der Waals surface area contributed by atoms with Crippen LogP contribution in [0.3, 0.4) is 0 Å². The standard InChI is InChI=1S/C19H26N4O2.CH4/c1-13(2)22-16-7-3-4-8-17(16)23(19(22)25)18(24)20-15-9-11-21-10-5-6-14(15)12-21;/h3-4,7-8,13-15H,5-6,9-12H2,1-2H3,(H,20,24);1H4. The number of aromatic nitrogens is 2. The van der Waals surface area contributed by atoms with Gasteiger partial charge in [-0.15, -0.1) is 0 Å². The Morgan fingerprint density at radius 1 is 1.15 bits per heavy atom. The topological polar surface area (TPSA) is 59.3 Å². The summed E-state index contributed by atoms with van der Waals surface area (Å²) in [6.45, 7) is 7.21. The Hall–Kier alpha value is -2.08. The lowest BCUT2D eigenvalue weighted by atomic mass is 9.85. The van der Waals surface area contributed by atoms with Crippen molar-refractivity contribution in [3.8, 4) is 0 Å². The van der Waals surface area contributed by atoms with Gasteiger partial charge in [-0.1, -0.05) is 19.6 Å². The molecule has 3 heterocycles. The molecule has 2 aliphatic heterocycles. The molecule has 26 heavy (non-hydrogen) atoms. The second kappa shape index (κ2) is 7.27. The highest BCUT2D eigenvalue weighted by molar-refractivity contribution is 5.89. The Morgan fingerprint density at radius 3 is 2.62 bits per heavy atom. The van der Waals surface area contributed by atoms with Crippen LogP contribution in [0.4, 0.5) is 4.79 Å². The lowest BCUT2D eigenvalue weighted by molar-refractivity contribution is 0.0952. The molecule has 2 aromatic rings. The zero-order valence-corrected chi connectivity index (χ0v) is 14.9. The van der Waals surface area contributed by atoms with E-state index in [-0.39, 0.29) is 31.2 Å². The van der Waals surface area contributed by atoms with Gasteiger partial charge in [0, 0.05) is 25.2 Å². The number of carbonyl (C=O) groups is 1. The molecule has 1 amide bonds. The van der Waals surface area contributed by atoms with E-state index < -0.39 is 0 Å². The smallest absolute Gasteiger partial charge is 0.334 e. The van der Waals surface area contributed by atoms with Crippen molar-refractivity contribution in [1.82, 2.24) is 19.4 Å². The molecule has 1 aromatic carbocycles. The van der Waals surface area contributed by atoms with Crippen LogP contribution in [0.2, 0.25) is 0 Å². The van der Waals surface area contributed by atoms with Gasteiger partial charge in [0.25, 0.3) is 0 Å². The second-order valence-electron chi connectivity index (χ2n) is 7.62. The van der Waals surface area contributed by atoms with E-state index in [0.29, 0.717) is 11.4 Å². The summed E-state index contributed by atoms with van der Waals surface area (Å²) in [6.07, 6.45) is 3.32. The van der Waals surface area contributed by atoms with Gasteiger partial charge in [0.15, 0.2) is 0 Å². The highest BCUT2D eigenvalue weighted by atomic mass is 16.2. The molecule has 2 aliphatic rings. The fourth-order valence-corrected chi connectivity index (χ4v) is 4.46. The number of carbonyl (C=O) groups excluding carboxylic acids is 1. The summed E-state index contributed by atoms with van der Waals surface area (Å²) in [6, 6.07) is 7.41. The second-order valence-corrected chi connectivity index (χ2v) is 7.62. The van der Waals surface area contributed by atoms with E-state index >= 15 is 0 Å². The number of hydrogen-bond donors (Lipinski definition) is 1. The Labute approximate surface area is 154 Å². The SMILES string of the molecule is C.CC(C)n1c(=O)n(C(=O)NC2CCN3CCCC2C3)c2ccccc21. The molecular weight excluding hydrogens is 328 g/mol. The van der Waals surface area contributed by atoms with Gasteiger partial charge in [0.2, 0.25) is 0 Å². The first kappa shape index (κ1) is 18.7. The summed E-state index contributed by atoms with van der Waals surface area (Å²) in [5.41, 5.74) is 1.24. The molecule has 2 fully saturated rings. The van der Waals surface area contributed by atoms with Crippen LogP contribution in [0, 0.1) is 5.92 Å². The van der Waals surface area contributed by atoms with Gasteiger partial charge in [-0.25, -0.2) is 14.2 Å². The minimum Gasteiger partial charge on any atom is -0.334 e. The van der Waals surface area contributed by atoms with E-state index in [1.165, 1.54) is 17.5 Å². The van der Waals surface area contributed by atoms with Crippen molar-refractivity contribution in [3.05, 3.63) is 34.7 Å². The third-order valence-corrected chi connectivity index (χ3v) is 5.68. The highest BCUT2D eigenvalue weighted by Gasteiger charge is 2.33. The van der Waals surface area contributed by atoms with Gasteiger partial charge in [-0.3, -0.25) is 4.57 Å². The minimum absolute atomic E-state index is 0. The van der Waals surface area contributed by atoms with Crippen molar-refractivity contribution >= 4 is 17.1 Å². The van der Waals surface area contributed by atoms with E-state index in [9.17, 15) is 9.59 Å². The average molecular weight is 358 g/mol. The van der Waals surface area contributed by atoms with Gasteiger partial charge in [-0.2, -0.15) is 0 Å². The van der Waals surface area contributed by atoms with Crippen LogP contribution in [0.5, 0.6) is 0 Å². The summed E-state index contributed by atoms with van der Waals surface area (Å²) < 4.78 is 3.00. The fraction of sp³-hybridized carbons (Fsp3) is 0.600. The van der Waals surface area contributed by atoms with E-state index in [1.807, 2.05) is 38.1 Å². The van der Waals surface area contributed by atoms with E-state index in [2.05, 4.69) is 10.2 Å². The number of piperidine rings is 2. The third kappa shape index (κ3) is 3.07. The molecule has 0 radical (unpaired) electrons. The van der Waals surface area contributed by atoms with Crippen molar-refractivity contribution in [2.45, 2.75) is 52.6 Å². The quantitative estimate of drug-likeness (QED) is 0.898. The number of fused-ring (bicyclic) bond motifs is 3. The zero-order valence-electron chi connectivity index (χ0n) is 14.9. The molecule has 3 unspecified atom stereocenters. The lowest BCUT2D eigenvalue weighted by Gasteiger charge is -2.42. The van der Waals surface area contributed by atoms with Gasteiger partial charge in [0.05, 0.1) is 11.0 Å². The first-order valence-electron chi connectivity index (χ1n) is 9.31. The molecule has 1 aromatic heterocycles. The largest absolute Gasteiger partial charge is 0.337 e. The maximum Gasteiger partial charge on any atom is 0.337 e. The van der Waals surface area contributed by atoms with Crippen LogP contribution in [-0.4, -0.2) is 45.7 Å². The fourth-order valence-electron chi connectivity index (χ4n) is 4.46. The molecule has 2 bridgehead atoms. The van der Waals surface area contributed by atoms with Crippen molar-refractivity contribution in [1.29, 1.82) is 0 Å². The molecule has 3 atom stereocenters. The third-order valence-electron chi connectivity index (χ3n) is 5.68. The Kier molecular flexibility index (Phi) is 5.23. The van der Waals surface area contributed by atoms with Gasteiger partial charge in [-0.05, 0) is 57.7 Å². The predicted octanol–water partition coefficient (Wildman–Crippen LogP) is 3.06. The molecular formula is C20H30N4O2. The summed E-state index contributed by atoms with van der Waals surface area (Å²) in [7, 11) is 0. The first-order valence-corrected chi connectivity index (χ1v) is 9.31. The van der Waals surface area contributed by atoms with Crippen LogP contribution in [0.25, 0.3) is 11.0 Å². The summed E-state index contributed by atoms with van der Waals surface area (Å²) in [5, 5.41) is 3.16. The molecule has 4 rings (SSSR count).